The largest absolute Gasteiger partial charge is 0.402 e. The number of nitrogens with one attached hydrogen (secondary N) is 2. The summed E-state index contributed by atoms with van der Waals surface area (Å²) in [6, 6.07) is 16.7. The number of carbonyl (C=O) groups is 1. The van der Waals surface area contributed by atoms with Gasteiger partial charge in [-0.2, -0.15) is 13.2 Å². The molecule has 14 heteroatoms. The number of nitrogens with zero attached hydrogens (tertiary/aromatic N) is 5. The molecule has 7 rings (SSSR count). The first-order chi connectivity index (χ1) is 20.8. The van der Waals surface area contributed by atoms with Crippen molar-refractivity contribution >= 4 is 39.7 Å². The predicted molar refractivity (Wildman–Crippen MR) is 155 cm³/mol. The SMILES string of the molecule is O=C1Nc2ccccc2C(c2ccccc2)=NC1Nc1nnc(-c2nc(C3(C(F)(F)F)CCC3)sc2N2CCOCC2)o1. The number of hydrogen-bond donors (Lipinski definition) is 2. The number of anilines is 3. The van der Waals surface area contributed by atoms with Gasteiger partial charge in [-0.1, -0.05) is 71.4 Å². The molecule has 1 aliphatic carbocycles. The summed E-state index contributed by atoms with van der Waals surface area (Å²) in [7, 11) is 0. The van der Waals surface area contributed by atoms with E-state index in [1.807, 2.05) is 53.4 Å². The van der Waals surface area contributed by atoms with E-state index < -0.39 is 23.7 Å². The van der Waals surface area contributed by atoms with Gasteiger partial charge >= 0.3 is 12.2 Å². The molecule has 2 N–H and O–H groups in total. The highest BCUT2D eigenvalue weighted by molar-refractivity contribution is 7.16. The van der Waals surface area contributed by atoms with Crippen molar-refractivity contribution in [2.24, 2.45) is 4.99 Å². The minimum Gasteiger partial charge on any atom is -0.402 e. The average Bonchev–Trinajstić information content (AvgIpc) is 3.60. The first-order valence-electron chi connectivity index (χ1n) is 13.9. The van der Waals surface area contributed by atoms with Crippen LogP contribution in [0.2, 0.25) is 0 Å². The minimum atomic E-state index is -4.43. The monoisotopic (exact) mass is 609 g/mol. The van der Waals surface area contributed by atoms with E-state index in [0.29, 0.717) is 49.1 Å². The third-order valence-electron chi connectivity index (χ3n) is 7.95. The maximum Gasteiger partial charge on any atom is 0.400 e. The molecular formula is C29H26F3N7O3S. The summed E-state index contributed by atoms with van der Waals surface area (Å²) < 4.78 is 54.1. The number of aromatic nitrogens is 3. The number of amides is 1. The van der Waals surface area contributed by atoms with Gasteiger partial charge in [0.05, 0.1) is 24.6 Å². The van der Waals surface area contributed by atoms with Gasteiger partial charge in [-0.25, -0.2) is 9.98 Å². The molecule has 2 aromatic heterocycles. The van der Waals surface area contributed by atoms with E-state index in [2.05, 4.69) is 25.8 Å². The highest BCUT2D eigenvalue weighted by Crippen LogP contribution is 2.57. The van der Waals surface area contributed by atoms with Crippen LogP contribution in [0.5, 0.6) is 0 Å². The van der Waals surface area contributed by atoms with E-state index in [1.165, 1.54) is 0 Å². The molecule has 3 aliphatic rings. The maximum absolute atomic E-state index is 14.2. The number of halogens is 3. The van der Waals surface area contributed by atoms with E-state index in [1.54, 1.807) is 6.07 Å². The molecule has 0 bridgehead atoms. The molecular weight excluding hydrogens is 583 g/mol. The quantitative estimate of drug-likeness (QED) is 0.305. The molecule has 43 heavy (non-hydrogen) atoms. The van der Waals surface area contributed by atoms with Crippen molar-refractivity contribution in [1.29, 1.82) is 0 Å². The number of para-hydroxylation sites is 1. The van der Waals surface area contributed by atoms with Gasteiger partial charge in [0.15, 0.2) is 5.69 Å². The zero-order valence-corrected chi connectivity index (χ0v) is 23.5. The van der Waals surface area contributed by atoms with Gasteiger partial charge in [0.25, 0.3) is 11.8 Å². The Kier molecular flexibility index (Phi) is 6.89. The van der Waals surface area contributed by atoms with Gasteiger partial charge in [0.2, 0.25) is 6.17 Å². The van der Waals surface area contributed by atoms with Crippen LogP contribution in [0.1, 0.15) is 35.4 Å². The predicted octanol–water partition coefficient (Wildman–Crippen LogP) is 5.24. The van der Waals surface area contributed by atoms with Crippen LogP contribution in [-0.4, -0.2) is 65.4 Å². The summed E-state index contributed by atoms with van der Waals surface area (Å²) in [6.45, 7) is 1.86. The number of fused-ring (bicyclic) bond motifs is 1. The third kappa shape index (κ3) is 4.93. The number of benzene rings is 2. The van der Waals surface area contributed by atoms with Crippen LogP contribution in [0.3, 0.4) is 0 Å². The van der Waals surface area contributed by atoms with Gasteiger partial charge in [-0.3, -0.25) is 4.79 Å². The lowest BCUT2D eigenvalue weighted by atomic mass is 9.68. The number of aliphatic imine (C=N–C) groups is 1. The van der Waals surface area contributed by atoms with Gasteiger partial charge in [-0.05, 0) is 18.9 Å². The van der Waals surface area contributed by atoms with Gasteiger partial charge in [0, 0.05) is 24.2 Å². The van der Waals surface area contributed by atoms with Gasteiger partial charge < -0.3 is 24.7 Å². The second kappa shape index (κ2) is 10.8. The van der Waals surface area contributed by atoms with Gasteiger partial charge in [0.1, 0.15) is 15.4 Å². The molecule has 0 radical (unpaired) electrons. The Labute approximate surface area is 248 Å². The summed E-state index contributed by atoms with van der Waals surface area (Å²) in [5, 5.41) is 14.5. The van der Waals surface area contributed by atoms with Crippen molar-refractivity contribution in [2.75, 3.05) is 41.8 Å². The molecule has 2 aromatic carbocycles. The van der Waals surface area contributed by atoms with Crippen LogP contribution in [0.4, 0.5) is 29.9 Å². The molecule has 1 unspecified atom stereocenters. The van der Waals surface area contributed by atoms with Crippen LogP contribution < -0.4 is 15.5 Å². The number of rotatable bonds is 6. The van der Waals surface area contributed by atoms with Crippen LogP contribution in [0.15, 0.2) is 64.0 Å². The fourth-order valence-corrected chi connectivity index (χ4v) is 6.84. The highest BCUT2D eigenvalue weighted by Gasteiger charge is 2.61. The molecule has 0 spiro atoms. The first kappa shape index (κ1) is 27.5. The van der Waals surface area contributed by atoms with Crippen LogP contribution in [0.25, 0.3) is 11.6 Å². The number of alkyl halides is 3. The minimum absolute atomic E-state index is 0.00605. The molecule has 10 nitrogen and oxygen atoms in total. The van der Waals surface area contributed by atoms with E-state index in [0.717, 1.165) is 22.5 Å². The van der Waals surface area contributed by atoms with Crippen molar-refractivity contribution in [3.05, 3.63) is 70.7 Å². The van der Waals surface area contributed by atoms with E-state index in [9.17, 15) is 18.0 Å². The molecule has 4 heterocycles. The zero-order valence-electron chi connectivity index (χ0n) is 22.7. The number of thiazole rings is 1. The molecule has 4 aromatic rings. The smallest absolute Gasteiger partial charge is 0.400 e. The second-order valence-electron chi connectivity index (χ2n) is 10.5. The third-order valence-corrected chi connectivity index (χ3v) is 9.27. The molecule has 222 valence electrons. The Hall–Kier alpha value is -4.30. The van der Waals surface area contributed by atoms with Crippen molar-refractivity contribution in [3.63, 3.8) is 0 Å². The van der Waals surface area contributed by atoms with Crippen molar-refractivity contribution in [1.82, 2.24) is 15.2 Å². The van der Waals surface area contributed by atoms with Crippen LogP contribution in [-0.2, 0) is 14.9 Å². The van der Waals surface area contributed by atoms with E-state index in [-0.39, 0.29) is 35.4 Å². The Morgan fingerprint density at radius 2 is 1.77 bits per heavy atom. The fraction of sp³-hybridized carbons (Fsp3) is 0.345. The summed E-state index contributed by atoms with van der Waals surface area (Å²) in [6.07, 6.45) is -5.10. The van der Waals surface area contributed by atoms with Gasteiger partial charge in [-0.15, -0.1) is 5.10 Å². The zero-order chi connectivity index (χ0) is 29.6. The summed E-state index contributed by atoms with van der Waals surface area (Å²) >= 11 is 1.01. The van der Waals surface area contributed by atoms with Crippen LogP contribution in [0, 0.1) is 0 Å². The summed E-state index contributed by atoms with van der Waals surface area (Å²) in [5.41, 5.74) is 0.952. The molecule has 1 atom stereocenters. The molecule has 2 aliphatic heterocycles. The number of carbonyl (C=O) groups excluding carboxylic acids is 1. The number of benzodiazepines with no additional fused rings is 1. The molecule has 1 saturated heterocycles. The Morgan fingerprint density at radius 3 is 2.49 bits per heavy atom. The summed E-state index contributed by atoms with van der Waals surface area (Å²) in [4.78, 5) is 24.4. The maximum atomic E-state index is 14.2. The first-order valence-corrected chi connectivity index (χ1v) is 14.7. The standard InChI is InChI=1S/C29H26F3N7O3S/c30-29(31,32)28(11-6-12-28)26-35-21(25(43-26)39-13-15-41-16-14-39)24-37-38-27(42-24)36-22-23(40)33-19-10-5-4-9-18(19)20(34-22)17-7-2-1-3-8-17/h1-5,7-10,22H,6,11-16H2,(H,33,40)(H,36,38). The topological polar surface area (TPSA) is 118 Å². The molecule has 1 amide bonds. The van der Waals surface area contributed by atoms with Crippen molar-refractivity contribution in [2.45, 2.75) is 37.0 Å². The molecule has 2 fully saturated rings. The lowest BCUT2D eigenvalue weighted by molar-refractivity contribution is -0.212. The fourth-order valence-electron chi connectivity index (χ4n) is 5.46. The second-order valence-corrected chi connectivity index (χ2v) is 11.5. The lowest BCUT2D eigenvalue weighted by Crippen LogP contribution is -2.47. The molecule has 1 saturated carbocycles. The number of ether oxygens (including phenoxy) is 1. The van der Waals surface area contributed by atoms with Crippen molar-refractivity contribution in [3.8, 4) is 11.6 Å². The van der Waals surface area contributed by atoms with E-state index in [4.69, 9.17) is 14.1 Å². The lowest BCUT2D eigenvalue weighted by Gasteiger charge is -2.41. The Balaban J connectivity index is 1.23. The Bertz CT molecular complexity index is 1680. The highest BCUT2D eigenvalue weighted by atomic mass is 32.1. The van der Waals surface area contributed by atoms with Crippen molar-refractivity contribution < 1.29 is 27.1 Å². The number of morpholine rings is 1. The van der Waals surface area contributed by atoms with E-state index >= 15 is 0 Å². The number of hydrogen-bond acceptors (Lipinski definition) is 10. The normalized spacial score (nSPS) is 20.0. The Morgan fingerprint density at radius 1 is 1.02 bits per heavy atom. The summed E-state index contributed by atoms with van der Waals surface area (Å²) in [5.74, 6) is -0.493. The average molecular weight is 610 g/mol. The van der Waals surface area contributed by atoms with Crippen LogP contribution >= 0.6 is 11.3 Å².